The predicted octanol–water partition coefficient (Wildman–Crippen LogP) is 2.19. The molecule has 1 aromatic rings. The lowest BCUT2D eigenvalue weighted by Gasteiger charge is -2.05. The van der Waals surface area contributed by atoms with Crippen LogP contribution < -0.4 is 4.74 Å². The Morgan fingerprint density at radius 2 is 2.31 bits per heavy atom. The average Bonchev–Trinajstić information content (AvgIpc) is 2.15. The molecule has 0 aliphatic rings. The first kappa shape index (κ1) is 9.85. The van der Waals surface area contributed by atoms with Crippen molar-refractivity contribution >= 4 is 11.6 Å². The first-order chi connectivity index (χ1) is 6.27. The number of ether oxygens (including phenoxy) is 2. The molecule has 1 rings (SSSR count). The minimum absolute atomic E-state index is 0.106. The van der Waals surface area contributed by atoms with Crippen molar-refractivity contribution in [2.75, 3.05) is 13.9 Å². The number of benzene rings is 1. The second kappa shape index (κ2) is 4.70. The van der Waals surface area contributed by atoms with Crippen molar-refractivity contribution in [1.82, 2.24) is 0 Å². The molecule has 13 heavy (non-hydrogen) atoms. The Morgan fingerprint density at radius 3 is 2.92 bits per heavy atom. The van der Waals surface area contributed by atoms with Crippen molar-refractivity contribution in [1.29, 1.82) is 5.26 Å². The Kier molecular flexibility index (Phi) is 3.56. The van der Waals surface area contributed by atoms with E-state index in [9.17, 15) is 0 Å². The highest BCUT2D eigenvalue weighted by Crippen LogP contribution is 2.22. The Bertz CT molecular complexity index is 333. The maximum Gasteiger partial charge on any atom is 0.188 e. The fourth-order valence-corrected chi connectivity index (χ4v) is 0.992. The van der Waals surface area contributed by atoms with Crippen molar-refractivity contribution in [3.8, 4) is 11.8 Å². The summed E-state index contributed by atoms with van der Waals surface area (Å²) in [5.74, 6) is 0.442. The van der Waals surface area contributed by atoms with Crippen LogP contribution in [0, 0.1) is 11.3 Å². The van der Waals surface area contributed by atoms with E-state index in [0.29, 0.717) is 16.3 Å². The molecule has 0 aromatic heterocycles. The van der Waals surface area contributed by atoms with Crippen LogP contribution in [-0.4, -0.2) is 13.9 Å². The first-order valence-corrected chi connectivity index (χ1v) is 3.97. The number of methoxy groups -OCH3 is 1. The SMILES string of the molecule is COCOc1cc(Cl)ccc1C#N. The molecule has 4 heteroatoms. The molecule has 0 fully saturated rings. The molecule has 0 N–H and O–H groups in total. The van der Waals surface area contributed by atoms with Crippen molar-refractivity contribution in [2.45, 2.75) is 0 Å². The van der Waals surface area contributed by atoms with Gasteiger partial charge >= 0.3 is 0 Å². The Morgan fingerprint density at radius 1 is 1.54 bits per heavy atom. The third kappa shape index (κ3) is 2.62. The van der Waals surface area contributed by atoms with Crippen LogP contribution in [-0.2, 0) is 4.74 Å². The number of nitriles is 1. The average molecular weight is 198 g/mol. The fourth-order valence-electron chi connectivity index (χ4n) is 0.830. The molecule has 0 aliphatic heterocycles. The smallest absolute Gasteiger partial charge is 0.188 e. The van der Waals surface area contributed by atoms with E-state index < -0.39 is 0 Å². The normalized spacial score (nSPS) is 9.31. The summed E-state index contributed by atoms with van der Waals surface area (Å²) >= 11 is 5.72. The van der Waals surface area contributed by atoms with E-state index in [1.807, 2.05) is 6.07 Å². The van der Waals surface area contributed by atoms with Crippen molar-refractivity contribution in [3.63, 3.8) is 0 Å². The summed E-state index contributed by atoms with van der Waals surface area (Å²) in [6.45, 7) is 0.106. The third-order valence-electron chi connectivity index (χ3n) is 1.40. The van der Waals surface area contributed by atoms with Gasteiger partial charge in [-0.2, -0.15) is 5.26 Å². The number of hydrogen-bond donors (Lipinski definition) is 0. The van der Waals surface area contributed by atoms with Gasteiger partial charge < -0.3 is 9.47 Å². The lowest BCUT2D eigenvalue weighted by Crippen LogP contribution is -2.00. The lowest BCUT2D eigenvalue weighted by molar-refractivity contribution is 0.0509. The molecule has 0 aliphatic carbocycles. The summed E-state index contributed by atoms with van der Waals surface area (Å²) in [5, 5.41) is 9.23. The predicted molar refractivity (Wildman–Crippen MR) is 48.7 cm³/mol. The Hall–Kier alpha value is -1.24. The van der Waals surface area contributed by atoms with E-state index in [0.717, 1.165) is 0 Å². The molecular formula is C9H8ClNO2. The molecule has 1 aromatic carbocycles. The monoisotopic (exact) mass is 197 g/mol. The van der Waals surface area contributed by atoms with Gasteiger partial charge in [0, 0.05) is 18.2 Å². The number of halogens is 1. The van der Waals surface area contributed by atoms with E-state index in [4.69, 9.17) is 26.3 Å². The van der Waals surface area contributed by atoms with Gasteiger partial charge in [0.1, 0.15) is 11.8 Å². The number of nitrogens with zero attached hydrogens (tertiary/aromatic N) is 1. The molecule has 0 saturated heterocycles. The molecule has 0 spiro atoms. The second-order valence-corrected chi connectivity index (χ2v) is 2.74. The highest BCUT2D eigenvalue weighted by molar-refractivity contribution is 6.30. The fraction of sp³-hybridized carbons (Fsp3) is 0.222. The van der Waals surface area contributed by atoms with E-state index >= 15 is 0 Å². The van der Waals surface area contributed by atoms with Gasteiger partial charge in [-0.15, -0.1) is 0 Å². The zero-order valence-electron chi connectivity index (χ0n) is 7.08. The number of hydrogen-bond acceptors (Lipinski definition) is 3. The van der Waals surface area contributed by atoms with Crippen LogP contribution in [0.4, 0.5) is 0 Å². The van der Waals surface area contributed by atoms with Crippen LogP contribution in [0.25, 0.3) is 0 Å². The summed E-state index contributed by atoms with van der Waals surface area (Å²) < 4.78 is 9.84. The highest BCUT2D eigenvalue weighted by atomic mass is 35.5. The van der Waals surface area contributed by atoms with Crippen LogP contribution in [0.5, 0.6) is 5.75 Å². The molecule has 0 saturated carbocycles. The Labute approximate surface area is 81.4 Å². The van der Waals surface area contributed by atoms with Crippen LogP contribution >= 0.6 is 11.6 Å². The zero-order valence-corrected chi connectivity index (χ0v) is 7.84. The van der Waals surface area contributed by atoms with E-state index in [-0.39, 0.29) is 6.79 Å². The van der Waals surface area contributed by atoms with Gasteiger partial charge in [0.15, 0.2) is 6.79 Å². The minimum Gasteiger partial charge on any atom is -0.466 e. The largest absolute Gasteiger partial charge is 0.466 e. The van der Waals surface area contributed by atoms with Gasteiger partial charge in [0.2, 0.25) is 0 Å². The molecule has 3 nitrogen and oxygen atoms in total. The number of rotatable bonds is 3. The van der Waals surface area contributed by atoms with Crippen molar-refractivity contribution < 1.29 is 9.47 Å². The van der Waals surface area contributed by atoms with E-state index in [2.05, 4.69) is 0 Å². The van der Waals surface area contributed by atoms with E-state index in [1.165, 1.54) is 7.11 Å². The zero-order chi connectivity index (χ0) is 9.68. The quantitative estimate of drug-likeness (QED) is 0.698. The second-order valence-electron chi connectivity index (χ2n) is 2.30. The molecule has 0 atom stereocenters. The van der Waals surface area contributed by atoms with Gasteiger partial charge in [-0.25, -0.2) is 0 Å². The third-order valence-corrected chi connectivity index (χ3v) is 1.63. The van der Waals surface area contributed by atoms with Crippen LogP contribution in [0.3, 0.4) is 0 Å². The summed E-state index contributed by atoms with van der Waals surface area (Å²) in [6.07, 6.45) is 0. The molecule has 0 unspecified atom stereocenters. The molecule has 0 amide bonds. The minimum atomic E-state index is 0.106. The standard InChI is InChI=1S/C9H8ClNO2/c1-12-6-13-9-4-8(10)3-2-7(9)5-11/h2-4H,6H2,1H3. The molecule has 68 valence electrons. The Balaban J connectivity index is 2.89. The lowest BCUT2D eigenvalue weighted by atomic mass is 10.2. The molecular weight excluding hydrogens is 190 g/mol. The first-order valence-electron chi connectivity index (χ1n) is 3.59. The summed E-state index contributed by atoms with van der Waals surface area (Å²) in [4.78, 5) is 0. The van der Waals surface area contributed by atoms with E-state index in [1.54, 1.807) is 18.2 Å². The van der Waals surface area contributed by atoms with Gasteiger partial charge in [0.05, 0.1) is 5.56 Å². The van der Waals surface area contributed by atoms with Crippen LogP contribution in [0.15, 0.2) is 18.2 Å². The van der Waals surface area contributed by atoms with Gasteiger partial charge in [-0.3, -0.25) is 0 Å². The van der Waals surface area contributed by atoms with Crippen LogP contribution in [0.2, 0.25) is 5.02 Å². The molecule has 0 radical (unpaired) electrons. The molecule has 0 heterocycles. The van der Waals surface area contributed by atoms with Crippen molar-refractivity contribution in [2.24, 2.45) is 0 Å². The summed E-state index contributed by atoms with van der Waals surface area (Å²) in [6, 6.07) is 6.82. The maximum absolute atomic E-state index is 8.69. The van der Waals surface area contributed by atoms with Gasteiger partial charge in [0.25, 0.3) is 0 Å². The topological polar surface area (TPSA) is 42.2 Å². The molecule has 0 bridgehead atoms. The maximum atomic E-state index is 8.69. The summed E-state index contributed by atoms with van der Waals surface area (Å²) in [7, 11) is 1.51. The highest BCUT2D eigenvalue weighted by Gasteiger charge is 2.03. The van der Waals surface area contributed by atoms with Gasteiger partial charge in [-0.1, -0.05) is 11.6 Å². The van der Waals surface area contributed by atoms with Crippen LogP contribution in [0.1, 0.15) is 5.56 Å². The summed E-state index contributed by atoms with van der Waals surface area (Å²) in [5.41, 5.74) is 0.446. The van der Waals surface area contributed by atoms with Gasteiger partial charge in [-0.05, 0) is 12.1 Å². The van der Waals surface area contributed by atoms with Crippen molar-refractivity contribution in [3.05, 3.63) is 28.8 Å².